The first-order chi connectivity index (χ1) is 8.87. The highest BCUT2D eigenvalue weighted by atomic mass is 19.4. The second-order valence-electron chi connectivity index (χ2n) is 3.75. The van der Waals surface area contributed by atoms with Crippen LogP contribution >= 0.6 is 0 Å². The Labute approximate surface area is 105 Å². The van der Waals surface area contributed by atoms with Crippen molar-refractivity contribution in [3.8, 4) is 5.75 Å². The molecular weight excluding hydrogens is 265 g/mol. The molecule has 1 N–H and O–H groups in total. The van der Waals surface area contributed by atoms with Gasteiger partial charge < -0.3 is 10.1 Å². The zero-order valence-corrected chi connectivity index (χ0v) is 9.53. The molecule has 1 aromatic rings. The first-order valence-electron chi connectivity index (χ1n) is 5.33. The highest BCUT2D eigenvalue weighted by Crippen LogP contribution is 2.26. The van der Waals surface area contributed by atoms with E-state index < -0.39 is 24.1 Å². The van der Waals surface area contributed by atoms with Gasteiger partial charge in [-0.15, -0.1) is 13.2 Å². The van der Waals surface area contributed by atoms with Crippen LogP contribution in [0.4, 0.5) is 23.7 Å². The lowest BCUT2D eigenvalue weighted by molar-refractivity contribution is -0.274. The Bertz CT molecular complexity index is 483. The van der Waals surface area contributed by atoms with Gasteiger partial charge in [0.15, 0.2) is 0 Å². The first-order valence-corrected chi connectivity index (χ1v) is 5.33. The summed E-state index contributed by atoms with van der Waals surface area (Å²) in [5.41, 5.74) is 0.191. The number of ether oxygens (including phenoxy) is 1. The maximum atomic E-state index is 12.0. The van der Waals surface area contributed by atoms with E-state index in [2.05, 4.69) is 10.1 Å². The van der Waals surface area contributed by atoms with E-state index >= 15 is 0 Å². The minimum atomic E-state index is -4.78. The zero-order valence-electron chi connectivity index (χ0n) is 9.53. The number of alkyl halides is 3. The fourth-order valence-electron chi connectivity index (χ4n) is 1.64. The lowest BCUT2D eigenvalue weighted by Crippen LogP contribution is -2.50. The third-order valence-electron chi connectivity index (χ3n) is 2.40. The van der Waals surface area contributed by atoms with E-state index in [0.29, 0.717) is 0 Å². The number of amides is 3. The number of anilines is 1. The number of hydrogen-bond donors (Lipinski definition) is 1. The average Bonchev–Trinajstić information content (AvgIpc) is 2.29. The number of carbonyl (C=O) groups excluding carboxylic acids is 2. The summed E-state index contributed by atoms with van der Waals surface area (Å²) < 4.78 is 39.6. The number of benzene rings is 1. The Morgan fingerprint density at radius 2 is 1.79 bits per heavy atom. The predicted molar refractivity (Wildman–Crippen MR) is 58.6 cm³/mol. The van der Waals surface area contributed by atoms with Crippen LogP contribution in [0.2, 0.25) is 0 Å². The molecule has 1 aromatic carbocycles. The Morgan fingerprint density at radius 1 is 1.16 bits per heavy atom. The number of rotatable bonds is 2. The molecule has 0 saturated carbocycles. The summed E-state index contributed by atoms with van der Waals surface area (Å²) in [6.07, 6.45) is -4.63. The minimum absolute atomic E-state index is 0.145. The Morgan fingerprint density at radius 3 is 2.32 bits per heavy atom. The molecule has 8 heteroatoms. The van der Waals surface area contributed by atoms with Crippen LogP contribution in [0.3, 0.4) is 0 Å². The van der Waals surface area contributed by atoms with Gasteiger partial charge >= 0.3 is 12.4 Å². The number of nitrogens with zero attached hydrogens (tertiary/aromatic N) is 1. The quantitative estimate of drug-likeness (QED) is 0.897. The van der Waals surface area contributed by atoms with E-state index in [1.54, 1.807) is 0 Å². The van der Waals surface area contributed by atoms with E-state index in [1.165, 1.54) is 12.1 Å². The number of halogens is 3. The molecule has 3 amide bonds. The number of hydrogen-bond acceptors (Lipinski definition) is 3. The van der Waals surface area contributed by atoms with Crippen molar-refractivity contribution in [2.24, 2.45) is 0 Å². The van der Waals surface area contributed by atoms with E-state index in [9.17, 15) is 22.8 Å². The summed E-state index contributed by atoms with van der Waals surface area (Å²) in [6, 6.07) is 3.91. The Kier molecular flexibility index (Phi) is 3.32. The van der Waals surface area contributed by atoms with Crippen LogP contribution in [0.1, 0.15) is 6.42 Å². The molecule has 0 bridgehead atoms. The Hall–Kier alpha value is -2.25. The van der Waals surface area contributed by atoms with E-state index in [4.69, 9.17) is 0 Å². The van der Waals surface area contributed by atoms with Gasteiger partial charge in [0.2, 0.25) is 5.91 Å². The van der Waals surface area contributed by atoms with Crippen molar-refractivity contribution < 1.29 is 27.5 Å². The molecule has 0 radical (unpaired) electrons. The largest absolute Gasteiger partial charge is 0.573 e. The first kappa shape index (κ1) is 13.2. The molecule has 0 unspecified atom stereocenters. The molecule has 1 fully saturated rings. The van der Waals surface area contributed by atoms with Gasteiger partial charge in [-0.3, -0.25) is 4.79 Å². The molecule has 1 heterocycles. The van der Waals surface area contributed by atoms with Gasteiger partial charge in [0, 0.05) is 13.0 Å². The number of carbonyl (C=O) groups is 2. The third kappa shape index (κ3) is 3.15. The standard InChI is InChI=1S/C11H9F3N2O3/c12-11(13,14)19-8-3-1-7(2-4-8)16-9(17)5-6-15-10(16)18/h1-4H,5-6H2,(H,15,18). The van der Waals surface area contributed by atoms with Crippen LogP contribution in [-0.4, -0.2) is 24.8 Å². The summed E-state index contributed by atoms with van der Waals surface area (Å²) in [4.78, 5) is 24.0. The van der Waals surface area contributed by atoms with Crippen molar-refractivity contribution >= 4 is 17.6 Å². The summed E-state index contributed by atoms with van der Waals surface area (Å²) in [5.74, 6) is -0.825. The Balaban J connectivity index is 2.18. The van der Waals surface area contributed by atoms with Crippen molar-refractivity contribution in [1.82, 2.24) is 5.32 Å². The van der Waals surface area contributed by atoms with E-state index in [0.717, 1.165) is 17.0 Å². The van der Waals surface area contributed by atoms with Crippen LogP contribution in [0.15, 0.2) is 24.3 Å². The molecule has 2 rings (SSSR count). The van der Waals surface area contributed by atoms with Crippen LogP contribution in [0.25, 0.3) is 0 Å². The maximum absolute atomic E-state index is 12.0. The normalized spacial score (nSPS) is 16.3. The monoisotopic (exact) mass is 274 g/mol. The average molecular weight is 274 g/mol. The molecule has 5 nitrogen and oxygen atoms in total. The van der Waals surface area contributed by atoms with Crippen molar-refractivity contribution in [2.75, 3.05) is 11.4 Å². The number of nitrogens with one attached hydrogen (secondary N) is 1. The van der Waals surface area contributed by atoms with Gasteiger partial charge in [-0.2, -0.15) is 0 Å². The molecule has 0 spiro atoms. The van der Waals surface area contributed by atoms with Crippen LogP contribution in [-0.2, 0) is 4.79 Å². The van der Waals surface area contributed by atoms with Gasteiger partial charge in [-0.25, -0.2) is 9.69 Å². The van der Waals surface area contributed by atoms with Gasteiger partial charge in [-0.05, 0) is 24.3 Å². The highest BCUT2D eigenvalue weighted by molar-refractivity contribution is 6.15. The molecule has 1 aliphatic rings. The minimum Gasteiger partial charge on any atom is -0.406 e. The fourth-order valence-corrected chi connectivity index (χ4v) is 1.64. The molecule has 19 heavy (non-hydrogen) atoms. The topological polar surface area (TPSA) is 58.6 Å². The fraction of sp³-hybridized carbons (Fsp3) is 0.273. The second-order valence-corrected chi connectivity index (χ2v) is 3.75. The van der Waals surface area contributed by atoms with Crippen LogP contribution in [0.5, 0.6) is 5.75 Å². The smallest absolute Gasteiger partial charge is 0.406 e. The summed E-state index contributed by atoms with van der Waals surface area (Å²) in [7, 11) is 0. The summed E-state index contributed by atoms with van der Waals surface area (Å²) in [6.45, 7) is 0.253. The molecule has 1 saturated heterocycles. The van der Waals surface area contributed by atoms with Crippen LogP contribution in [0, 0.1) is 0 Å². The van der Waals surface area contributed by atoms with Gasteiger partial charge in [0.25, 0.3) is 0 Å². The number of urea groups is 1. The highest BCUT2D eigenvalue weighted by Gasteiger charge is 2.31. The lowest BCUT2D eigenvalue weighted by atomic mass is 10.2. The molecule has 1 aliphatic heterocycles. The van der Waals surface area contributed by atoms with Gasteiger partial charge in [-0.1, -0.05) is 0 Å². The maximum Gasteiger partial charge on any atom is 0.573 e. The molecule has 0 aliphatic carbocycles. The molecule has 0 atom stereocenters. The van der Waals surface area contributed by atoms with Gasteiger partial charge in [0.05, 0.1) is 5.69 Å². The third-order valence-corrected chi connectivity index (χ3v) is 2.40. The zero-order chi connectivity index (χ0) is 14.0. The van der Waals surface area contributed by atoms with Crippen molar-refractivity contribution in [1.29, 1.82) is 0 Å². The predicted octanol–water partition coefficient (Wildman–Crippen LogP) is 2.03. The SMILES string of the molecule is O=C1CCNC(=O)N1c1ccc(OC(F)(F)F)cc1. The van der Waals surface area contributed by atoms with E-state index in [-0.39, 0.29) is 18.7 Å². The van der Waals surface area contributed by atoms with Crippen molar-refractivity contribution in [3.05, 3.63) is 24.3 Å². The summed E-state index contributed by atoms with van der Waals surface area (Å²) >= 11 is 0. The second kappa shape index (κ2) is 4.79. The van der Waals surface area contributed by atoms with Crippen molar-refractivity contribution in [3.63, 3.8) is 0 Å². The lowest BCUT2D eigenvalue weighted by Gasteiger charge is -2.25. The molecular formula is C11H9F3N2O3. The van der Waals surface area contributed by atoms with Crippen molar-refractivity contribution in [2.45, 2.75) is 12.8 Å². The molecule has 102 valence electrons. The van der Waals surface area contributed by atoms with E-state index in [1.807, 2.05) is 0 Å². The number of imide groups is 1. The van der Waals surface area contributed by atoms with Gasteiger partial charge in [0.1, 0.15) is 5.75 Å². The molecule has 0 aromatic heterocycles. The van der Waals surface area contributed by atoms with Crippen LogP contribution < -0.4 is 15.0 Å². The summed E-state index contributed by atoms with van der Waals surface area (Å²) in [5, 5.41) is 2.47.